The number of aromatic nitrogens is 2. The zero-order valence-corrected chi connectivity index (χ0v) is 26.8. The molecule has 0 bridgehead atoms. The highest BCUT2D eigenvalue weighted by molar-refractivity contribution is 5.92. The van der Waals surface area contributed by atoms with Gasteiger partial charge in [0.1, 0.15) is 5.75 Å². The van der Waals surface area contributed by atoms with E-state index in [2.05, 4.69) is 16.9 Å². The highest BCUT2D eigenvalue weighted by atomic mass is 19.2. The average Bonchev–Trinajstić information content (AvgIpc) is 3.46. The van der Waals surface area contributed by atoms with Gasteiger partial charge in [0.05, 0.1) is 24.3 Å². The highest BCUT2D eigenvalue weighted by Crippen LogP contribution is 2.46. The van der Waals surface area contributed by atoms with E-state index >= 15 is 0 Å². The normalized spacial score (nSPS) is 18.7. The van der Waals surface area contributed by atoms with Gasteiger partial charge in [0.15, 0.2) is 23.2 Å². The molecule has 1 aromatic heterocycles. The topological polar surface area (TPSA) is 117 Å². The Morgan fingerprint density at radius 1 is 0.872 bits per heavy atom. The molecule has 0 radical (unpaired) electrons. The number of aliphatic carboxylic acids is 1. The molecule has 2 aliphatic rings. The fourth-order valence-electron chi connectivity index (χ4n) is 6.11. The lowest BCUT2D eigenvalue weighted by atomic mass is 9.93. The number of carbonyl (C=O) groups is 2. The lowest BCUT2D eigenvalue weighted by Crippen LogP contribution is -2.42. The number of hydrogen-bond donors (Lipinski definition) is 1. The molecular weight excluding hydrogens is 610 g/mol. The van der Waals surface area contributed by atoms with Crippen molar-refractivity contribution in [3.8, 4) is 22.9 Å². The molecule has 5 rings (SSSR count). The number of carboxylic acid groups (broad SMARTS) is 1. The Morgan fingerprint density at radius 3 is 2.26 bits per heavy atom. The Balaban J connectivity index is 1.23. The minimum atomic E-state index is -1.76. The number of halogens is 2. The quantitative estimate of drug-likeness (QED) is 0.0986. The molecule has 1 aliphatic heterocycles. The van der Waals surface area contributed by atoms with Gasteiger partial charge in [-0.15, -0.1) is 0 Å². The van der Waals surface area contributed by atoms with Crippen LogP contribution in [0.4, 0.5) is 8.78 Å². The summed E-state index contributed by atoms with van der Waals surface area (Å²) in [6.07, 6.45) is 15.5. The first-order valence-electron chi connectivity index (χ1n) is 16.6. The summed E-state index contributed by atoms with van der Waals surface area (Å²) in [5.74, 6) is -6.01. The van der Waals surface area contributed by atoms with Gasteiger partial charge in [-0.25, -0.2) is 23.9 Å². The van der Waals surface area contributed by atoms with Crippen molar-refractivity contribution in [2.24, 2.45) is 0 Å². The van der Waals surface area contributed by atoms with Crippen molar-refractivity contribution in [2.75, 3.05) is 13.2 Å². The third-order valence-corrected chi connectivity index (χ3v) is 8.83. The Morgan fingerprint density at radius 2 is 1.55 bits per heavy atom. The summed E-state index contributed by atoms with van der Waals surface area (Å²) >= 11 is 0. The Bertz CT molecular complexity index is 1530. The summed E-state index contributed by atoms with van der Waals surface area (Å²) in [6.45, 7) is 2.25. The second-order valence-electron chi connectivity index (χ2n) is 12.2. The van der Waals surface area contributed by atoms with Crippen LogP contribution in [0.1, 0.15) is 106 Å². The van der Waals surface area contributed by atoms with Crippen LogP contribution in [0.2, 0.25) is 0 Å². The van der Waals surface area contributed by atoms with Crippen LogP contribution >= 0.6 is 0 Å². The Labute approximate surface area is 273 Å². The molecule has 1 saturated carbocycles. The van der Waals surface area contributed by atoms with Gasteiger partial charge in [0.25, 0.3) is 0 Å². The molecular formula is C36H42F2N2O7. The van der Waals surface area contributed by atoms with Gasteiger partial charge in [-0.2, -0.15) is 4.39 Å². The van der Waals surface area contributed by atoms with Crippen molar-refractivity contribution >= 4 is 11.9 Å². The van der Waals surface area contributed by atoms with E-state index in [1.807, 2.05) is 0 Å². The average molecular weight is 653 g/mol. The number of benzene rings is 2. The monoisotopic (exact) mass is 652 g/mol. The summed E-state index contributed by atoms with van der Waals surface area (Å²) in [4.78, 5) is 34.1. The van der Waals surface area contributed by atoms with E-state index in [0.29, 0.717) is 12.8 Å². The lowest BCUT2D eigenvalue weighted by Gasteiger charge is -2.33. The zero-order chi connectivity index (χ0) is 33.3. The van der Waals surface area contributed by atoms with Crippen LogP contribution in [0.15, 0.2) is 48.8 Å². The molecule has 2 heterocycles. The number of carboxylic acids is 1. The second-order valence-corrected chi connectivity index (χ2v) is 12.2. The molecule has 11 heteroatoms. The maximum absolute atomic E-state index is 15.0. The smallest absolute Gasteiger partial charge is 0.346 e. The van der Waals surface area contributed by atoms with Gasteiger partial charge in [0, 0.05) is 30.8 Å². The molecule has 1 saturated heterocycles. The number of rotatable bonds is 15. The van der Waals surface area contributed by atoms with Crippen LogP contribution in [-0.4, -0.2) is 46.0 Å². The highest BCUT2D eigenvalue weighted by Gasteiger charge is 2.57. The van der Waals surface area contributed by atoms with Crippen molar-refractivity contribution in [3.05, 3.63) is 71.6 Å². The van der Waals surface area contributed by atoms with E-state index in [-0.39, 0.29) is 41.7 Å². The minimum absolute atomic E-state index is 0.00892. The van der Waals surface area contributed by atoms with Crippen molar-refractivity contribution in [1.82, 2.24) is 9.97 Å². The zero-order valence-electron chi connectivity index (χ0n) is 26.8. The van der Waals surface area contributed by atoms with E-state index in [4.69, 9.17) is 18.9 Å². The summed E-state index contributed by atoms with van der Waals surface area (Å²) in [7, 11) is 0. The van der Waals surface area contributed by atoms with Crippen LogP contribution in [0.3, 0.4) is 0 Å². The molecule has 2 fully saturated rings. The van der Waals surface area contributed by atoms with Gasteiger partial charge in [0.2, 0.25) is 11.4 Å². The van der Waals surface area contributed by atoms with E-state index in [1.165, 1.54) is 50.2 Å². The maximum Gasteiger partial charge on any atom is 0.346 e. The molecule has 1 N–H and O–H groups in total. The standard InChI is InChI=1S/C36H42F2N2O7/c1-2-3-4-5-6-7-8-14-21-44-29-18-17-27(30(37)31(29)38)33(41)46-28-16-11-10-15-26(28)32-39-22-25(23-40-32)36(34(42)43)24-45-35(47-36)19-12-9-13-20-35/h10-11,15-18,22-23H,2-9,12-14,19-21,24H2,1H3,(H,42,43)/t36-/m0/s1. The lowest BCUT2D eigenvalue weighted by molar-refractivity contribution is -0.214. The molecule has 1 atom stereocenters. The summed E-state index contributed by atoms with van der Waals surface area (Å²) < 4.78 is 52.8. The number of para-hydroxylation sites is 1. The summed E-state index contributed by atoms with van der Waals surface area (Å²) in [5.41, 5.74) is -1.84. The summed E-state index contributed by atoms with van der Waals surface area (Å²) in [6, 6.07) is 8.69. The molecule has 47 heavy (non-hydrogen) atoms. The number of unbranched alkanes of at least 4 members (excludes halogenated alkanes) is 7. The fourth-order valence-corrected chi connectivity index (χ4v) is 6.11. The molecule has 0 unspecified atom stereocenters. The number of hydrogen-bond acceptors (Lipinski definition) is 8. The van der Waals surface area contributed by atoms with E-state index in [1.54, 1.807) is 18.2 Å². The number of esters is 1. The van der Waals surface area contributed by atoms with Crippen LogP contribution < -0.4 is 9.47 Å². The molecule has 0 amide bonds. The van der Waals surface area contributed by atoms with Crippen LogP contribution in [-0.2, 0) is 19.9 Å². The Kier molecular flexibility index (Phi) is 11.5. The van der Waals surface area contributed by atoms with Gasteiger partial charge < -0.3 is 24.1 Å². The van der Waals surface area contributed by atoms with Crippen molar-refractivity contribution < 1.29 is 42.4 Å². The molecule has 1 aliphatic carbocycles. The van der Waals surface area contributed by atoms with Crippen LogP contribution in [0, 0.1) is 11.6 Å². The third kappa shape index (κ3) is 7.96. The molecule has 2 aromatic carbocycles. The fraction of sp³-hybridized carbons (Fsp3) is 0.500. The molecule has 1 spiro atoms. The predicted molar refractivity (Wildman–Crippen MR) is 169 cm³/mol. The SMILES string of the molecule is CCCCCCCCCCOc1ccc(C(=O)Oc2ccccc2-c2ncc([C@]3(C(=O)O)COC4(CCCCC4)O3)cn2)c(F)c1F. The molecule has 3 aromatic rings. The Hall–Kier alpha value is -3.96. The van der Waals surface area contributed by atoms with Gasteiger partial charge in [-0.05, 0) is 43.5 Å². The third-order valence-electron chi connectivity index (χ3n) is 8.83. The number of carbonyl (C=O) groups excluding carboxylic acids is 1. The molecule has 9 nitrogen and oxygen atoms in total. The van der Waals surface area contributed by atoms with Crippen LogP contribution in [0.25, 0.3) is 11.4 Å². The van der Waals surface area contributed by atoms with Crippen molar-refractivity contribution in [3.63, 3.8) is 0 Å². The van der Waals surface area contributed by atoms with Crippen molar-refractivity contribution in [1.29, 1.82) is 0 Å². The van der Waals surface area contributed by atoms with Gasteiger partial charge in [-0.3, -0.25) is 0 Å². The second kappa shape index (κ2) is 15.8. The maximum atomic E-state index is 15.0. The summed E-state index contributed by atoms with van der Waals surface area (Å²) in [5, 5.41) is 10.1. The van der Waals surface area contributed by atoms with Crippen LogP contribution in [0.5, 0.6) is 11.5 Å². The van der Waals surface area contributed by atoms with Gasteiger partial charge in [-0.1, -0.05) is 70.4 Å². The van der Waals surface area contributed by atoms with E-state index in [9.17, 15) is 23.5 Å². The first-order chi connectivity index (χ1) is 22.8. The van der Waals surface area contributed by atoms with E-state index in [0.717, 1.165) is 51.0 Å². The van der Waals surface area contributed by atoms with Gasteiger partial charge >= 0.3 is 11.9 Å². The van der Waals surface area contributed by atoms with Crippen molar-refractivity contribution in [2.45, 2.75) is 102 Å². The number of nitrogens with zero attached hydrogens (tertiary/aromatic N) is 2. The first-order valence-corrected chi connectivity index (χ1v) is 16.6. The molecule has 252 valence electrons. The largest absolute Gasteiger partial charge is 0.490 e. The first kappa shape index (κ1) is 34.4. The van der Waals surface area contributed by atoms with E-state index < -0.39 is 40.5 Å². The predicted octanol–water partition coefficient (Wildman–Crippen LogP) is 8.15. The number of ether oxygens (including phenoxy) is 4. The minimum Gasteiger partial charge on any atom is -0.490 e.